The molecule has 0 spiro atoms. The highest BCUT2D eigenvalue weighted by atomic mass is 31.0. The predicted molar refractivity (Wildman–Crippen MR) is 56.9 cm³/mol. The molecular weight excluding hydrogens is 152 g/mol. The van der Waals surface area contributed by atoms with Gasteiger partial charge in [0.25, 0.3) is 0 Å². The van der Waals surface area contributed by atoms with Crippen molar-refractivity contribution in [1.82, 2.24) is 4.90 Å². The first-order valence-corrected chi connectivity index (χ1v) is 4.93. The van der Waals surface area contributed by atoms with Gasteiger partial charge in [0.2, 0.25) is 0 Å². The fourth-order valence-corrected chi connectivity index (χ4v) is 1.91. The van der Waals surface area contributed by atoms with Crippen LogP contribution in [0.3, 0.4) is 0 Å². The second-order valence-electron chi connectivity index (χ2n) is 5.00. The van der Waals surface area contributed by atoms with Gasteiger partial charge in [-0.25, -0.2) is 0 Å². The maximum atomic E-state index is 2.97. The predicted octanol–water partition coefficient (Wildman–Crippen LogP) is 0.695. The van der Waals surface area contributed by atoms with Gasteiger partial charge in [-0.1, -0.05) is 0 Å². The minimum Gasteiger partial charge on any atom is -0.298 e. The fraction of sp³-hybridized carbons (Fsp3) is 1.00. The van der Waals surface area contributed by atoms with Crippen molar-refractivity contribution >= 4 is 17.1 Å². The number of hydrogen-bond acceptors (Lipinski definition) is 1. The van der Waals surface area contributed by atoms with Crippen LogP contribution in [-0.2, 0) is 0 Å². The van der Waals surface area contributed by atoms with E-state index in [2.05, 4.69) is 42.8 Å². The van der Waals surface area contributed by atoms with Gasteiger partial charge in [-0.05, 0) is 38.8 Å². The summed E-state index contributed by atoms with van der Waals surface area (Å²) in [4.78, 5) is 2.56. The first kappa shape index (κ1) is 9.54. The zero-order valence-electron chi connectivity index (χ0n) is 8.15. The van der Waals surface area contributed by atoms with Crippen LogP contribution in [0.5, 0.6) is 0 Å². The average Bonchev–Trinajstić information content (AvgIpc) is 2.07. The maximum absolute atomic E-state index is 2.97. The number of hydrogen-bond donors (Lipinski definition) is 0. The number of rotatable bonds is 0. The van der Waals surface area contributed by atoms with E-state index in [0.717, 1.165) is 0 Å². The lowest BCUT2D eigenvalue weighted by molar-refractivity contribution is 0.174. The zero-order valence-corrected chi connectivity index (χ0v) is 9.30. The molecule has 0 saturated carbocycles. The molecule has 1 rings (SSSR count). The van der Waals surface area contributed by atoms with Crippen molar-refractivity contribution in [2.75, 3.05) is 13.1 Å². The fourth-order valence-electron chi connectivity index (χ4n) is 1.56. The zero-order chi connectivity index (χ0) is 8.70. The van der Waals surface area contributed by atoms with Crippen LogP contribution in [0.4, 0.5) is 0 Å². The Labute approximate surface area is 73.5 Å². The van der Waals surface area contributed by atoms with Crippen LogP contribution >= 0.6 is 9.24 Å². The maximum Gasteiger partial charge on any atom is 0.116 e. The summed E-state index contributed by atoms with van der Waals surface area (Å²) in [5.41, 5.74) is 0.355. The Morgan fingerprint density at radius 1 is 1.45 bits per heavy atom. The SMILES string of the molecule is BC1(P)CCN(C(C)(C)C)C1. The topological polar surface area (TPSA) is 3.24 Å². The van der Waals surface area contributed by atoms with Gasteiger partial charge in [-0.15, -0.1) is 9.24 Å². The molecule has 1 fully saturated rings. The minimum absolute atomic E-state index is 0.355. The first-order chi connectivity index (χ1) is 4.81. The molecule has 0 aromatic rings. The molecule has 0 aromatic carbocycles. The van der Waals surface area contributed by atoms with E-state index in [1.54, 1.807) is 0 Å². The Bertz CT molecular complexity index is 151. The van der Waals surface area contributed by atoms with Crippen molar-refractivity contribution in [3.8, 4) is 0 Å². The summed E-state index contributed by atoms with van der Waals surface area (Å²) in [5.74, 6) is 0. The van der Waals surface area contributed by atoms with Crippen molar-refractivity contribution in [3.63, 3.8) is 0 Å². The van der Waals surface area contributed by atoms with Gasteiger partial charge in [0.15, 0.2) is 0 Å². The van der Waals surface area contributed by atoms with Gasteiger partial charge < -0.3 is 0 Å². The molecule has 0 aromatic heterocycles. The van der Waals surface area contributed by atoms with E-state index in [-0.39, 0.29) is 0 Å². The molecule has 11 heavy (non-hydrogen) atoms. The summed E-state index contributed by atoms with van der Waals surface area (Å²) < 4.78 is 0. The highest BCUT2D eigenvalue weighted by Crippen LogP contribution is 2.31. The molecule has 64 valence electrons. The smallest absolute Gasteiger partial charge is 0.116 e. The van der Waals surface area contributed by atoms with Crippen LogP contribution < -0.4 is 0 Å². The first-order valence-electron chi connectivity index (χ1n) is 4.35. The van der Waals surface area contributed by atoms with Crippen LogP contribution in [0.15, 0.2) is 0 Å². The lowest BCUT2D eigenvalue weighted by Crippen LogP contribution is -2.41. The van der Waals surface area contributed by atoms with Crippen molar-refractivity contribution in [3.05, 3.63) is 0 Å². The molecule has 3 heteroatoms. The van der Waals surface area contributed by atoms with Crippen molar-refractivity contribution in [1.29, 1.82) is 0 Å². The molecule has 1 saturated heterocycles. The van der Waals surface area contributed by atoms with Crippen molar-refractivity contribution in [2.24, 2.45) is 0 Å². The van der Waals surface area contributed by atoms with Crippen LogP contribution in [0.1, 0.15) is 27.2 Å². The summed E-state index contributed by atoms with van der Waals surface area (Å²) in [7, 11) is 5.29. The van der Waals surface area contributed by atoms with Gasteiger partial charge in [0.1, 0.15) is 7.85 Å². The van der Waals surface area contributed by atoms with Gasteiger partial charge in [0, 0.05) is 12.1 Å². The molecule has 1 aliphatic rings. The molecule has 1 nitrogen and oxygen atoms in total. The molecule has 2 unspecified atom stereocenters. The van der Waals surface area contributed by atoms with Crippen molar-refractivity contribution in [2.45, 2.75) is 37.8 Å². The van der Waals surface area contributed by atoms with Gasteiger partial charge in [-0.2, -0.15) is 0 Å². The highest BCUT2D eigenvalue weighted by Gasteiger charge is 2.34. The largest absolute Gasteiger partial charge is 0.298 e. The van der Waals surface area contributed by atoms with E-state index >= 15 is 0 Å². The normalized spacial score (nSPS) is 34.5. The molecule has 0 bridgehead atoms. The number of likely N-dealkylation sites (tertiary alicyclic amines) is 1. The van der Waals surface area contributed by atoms with E-state index in [1.165, 1.54) is 19.5 Å². The van der Waals surface area contributed by atoms with E-state index in [9.17, 15) is 0 Å². The third-order valence-corrected chi connectivity index (χ3v) is 2.92. The standard InChI is InChI=1S/C8H19BNP/c1-7(2,3)10-5-4-8(9,11)6-10/h4-6,9,11H2,1-3H3. The van der Waals surface area contributed by atoms with Crippen molar-refractivity contribution < 1.29 is 0 Å². The molecule has 0 amide bonds. The Hall–Kier alpha value is 0.455. The monoisotopic (exact) mass is 171 g/mol. The second-order valence-corrected chi connectivity index (χ2v) is 6.39. The average molecular weight is 171 g/mol. The summed E-state index contributed by atoms with van der Waals surface area (Å²) >= 11 is 0. The number of nitrogens with zero attached hydrogens (tertiary/aromatic N) is 1. The Morgan fingerprint density at radius 2 is 2.00 bits per heavy atom. The van der Waals surface area contributed by atoms with E-state index in [0.29, 0.717) is 10.6 Å². The van der Waals surface area contributed by atoms with E-state index in [1.807, 2.05) is 0 Å². The van der Waals surface area contributed by atoms with Gasteiger partial charge in [0.05, 0.1) is 0 Å². The molecule has 0 N–H and O–H groups in total. The lowest BCUT2D eigenvalue weighted by Gasteiger charge is -2.32. The van der Waals surface area contributed by atoms with Gasteiger partial charge in [-0.3, -0.25) is 4.90 Å². The van der Waals surface area contributed by atoms with E-state index in [4.69, 9.17) is 0 Å². The second kappa shape index (κ2) is 2.74. The molecule has 0 aliphatic carbocycles. The summed E-state index contributed by atoms with van der Waals surface area (Å²) in [5, 5.41) is 0.466. The summed E-state index contributed by atoms with van der Waals surface area (Å²) in [6, 6.07) is 0. The minimum atomic E-state index is 0.355. The molecule has 0 radical (unpaired) electrons. The Morgan fingerprint density at radius 3 is 2.18 bits per heavy atom. The van der Waals surface area contributed by atoms with Crippen LogP contribution in [-0.4, -0.2) is 36.4 Å². The van der Waals surface area contributed by atoms with E-state index < -0.39 is 0 Å². The third-order valence-electron chi connectivity index (χ3n) is 2.45. The highest BCUT2D eigenvalue weighted by molar-refractivity contribution is 7.22. The Balaban J connectivity index is 2.55. The third kappa shape index (κ3) is 2.45. The summed E-state index contributed by atoms with van der Waals surface area (Å²) in [6.07, 6.45) is 1.31. The van der Waals surface area contributed by atoms with Gasteiger partial charge >= 0.3 is 0 Å². The quantitative estimate of drug-likeness (QED) is 0.383. The van der Waals surface area contributed by atoms with Crippen LogP contribution in [0, 0.1) is 0 Å². The Kier molecular flexibility index (Phi) is 2.38. The molecule has 1 aliphatic heterocycles. The van der Waals surface area contributed by atoms with Crippen LogP contribution in [0.25, 0.3) is 0 Å². The van der Waals surface area contributed by atoms with Crippen LogP contribution in [0.2, 0.25) is 0 Å². The molecule has 1 heterocycles. The lowest BCUT2D eigenvalue weighted by atomic mass is 9.85. The summed E-state index contributed by atoms with van der Waals surface area (Å²) in [6.45, 7) is 9.35. The molecule has 2 atom stereocenters. The molecular formula is C8H19BNP.